The van der Waals surface area contributed by atoms with Gasteiger partial charge in [-0.2, -0.15) is 5.10 Å². The third-order valence-electron chi connectivity index (χ3n) is 8.38. The van der Waals surface area contributed by atoms with Gasteiger partial charge in [0.05, 0.1) is 28.8 Å². The Kier molecular flexibility index (Phi) is 12.0. The van der Waals surface area contributed by atoms with Crippen LogP contribution < -0.4 is 4.72 Å². The molecule has 0 amide bonds. The van der Waals surface area contributed by atoms with Gasteiger partial charge >= 0.3 is 5.97 Å². The first-order valence-corrected chi connectivity index (χ1v) is 25.9. The lowest BCUT2D eigenvalue weighted by Crippen LogP contribution is -2.22. The van der Waals surface area contributed by atoms with Crippen LogP contribution in [-0.2, 0) is 37.7 Å². The van der Waals surface area contributed by atoms with E-state index in [-0.39, 0.29) is 29.4 Å². The van der Waals surface area contributed by atoms with Crippen molar-refractivity contribution in [3.63, 3.8) is 0 Å². The first kappa shape index (κ1) is 39.9. The number of methoxy groups -OCH3 is 1. The van der Waals surface area contributed by atoms with E-state index in [2.05, 4.69) is 58.8 Å². The van der Waals surface area contributed by atoms with Crippen LogP contribution in [0.5, 0.6) is 0 Å². The fourth-order valence-electron chi connectivity index (χ4n) is 5.38. The number of aromatic nitrogens is 4. The number of anilines is 1. The molecule has 17 heteroatoms. The number of carbonyl (C=O) groups excluding carboxylic acids is 1. The van der Waals surface area contributed by atoms with Crippen molar-refractivity contribution in [1.82, 2.24) is 19.3 Å². The average Bonchev–Trinajstić information content (AvgIpc) is 3.71. The van der Waals surface area contributed by atoms with Gasteiger partial charge in [0.15, 0.2) is 17.5 Å². The van der Waals surface area contributed by atoms with Gasteiger partial charge in [-0.25, -0.2) is 36.0 Å². The lowest BCUT2D eigenvalue weighted by Gasteiger charge is -2.16. The van der Waals surface area contributed by atoms with Gasteiger partial charge in [0.2, 0.25) is 0 Å². The molecular formula is C36H44F3N5O6SSi2. The van der Waals surface area contributed by atoms with Crippen LogP contribution in [0.15, 0.2) is 65.8 Å². The van der Waals surface area contributed by atoms with Crippen LogP contribution in [-0.4, -0.2) is 70.2 Å². The van der Waals surface area contributed by atoms with Crippen LogP contribution in [0.3, 0.4) is 0 Å². The van der Waals surface area contributed by atoms with Crippen LogP contribution in [0.1, 0.15) is 10.4 Å². The number of esters is 1. The Bertz CT molecular complexity index is 2230. The number of nitrogens with zero attached hydrogens (tertiary/aromatic N) is 4. The highest BCUT2D eigenvalue weighted by molar-refractivity contribution is 7.92. The number of rotatable bonds is 16. The molecule has 0 bridgehead atoms. The van der Waals surface area contributed by atoms with E-state index in [4.69, 9.17) is 9.47 Å². The fraction of sp³-hybridized carbons (Fsp3) is 0.361. The minimum Gasteiger partial charge on any atom is -0.465 e. The zero-order valence-electron chi connectivity index (χ0n) is 30.8. The highest BCUT2D eigenvalue weighted by atomic mass is 32.2. The summed E-state index contributed by atoms with van der Waals surface area (Å²) in [4.78, 5) is 16.1. The molecule has 0 atom stereocenters. The molecule has 0 aliphatic rings. The SMILES string of the molecule is COC(=O)c1cccc(S(=O)(=O)Nc2ccc(F)c(-c3ccc4c(-c5nccn5COCC[Si](C)(C)C)nn(COCC[Si](C)(C)C)c4c3F)c2F)c1. The quantitative estimate of drug-likeness (QED) is 0.0603. The maximum atomic E-state index is 16.8. The number of fused-ring (bicyclic) bond motifs is 1. The fourth-order valence-corrected chi connectivity index (χ4v) is 7.99. The van der Waals surface area contributed by atoms with Crippen molar-refractivity contribution in [2.45, 2.75) is 69.7 Å². The highest BCUT2D eigenvalue weighted by Gasteiger charge is 2.27. The van der Waals surface area contributed by atoms with Crippen molar-refractivity contribution in [3.05, 3.63) is 83.9 Å². The summed E-state index contributed by atoms with van der Waals surface area (Å²) in [5.41, 5.74) is -1.71. The number of ether oxygens (including phenoxy) is 3. The van der Waals surface area contributed by atoms with Gasteiger partial charge in [-0.05, 0) is 48.5 Å². The molecule has 2 aromatic heterocycles. The molecular weight excluding hydrogens is 744 g/mol. The Balaban J connectivity index is 1.55. The van der Waals surface area contributed by atoms with Crippen molar-refractivity contribution < 1.29 is 40.6 Å². The van der Waals surface area contributed by atoms with Gasteiger partial charge in [-0.1, -0.05) is 51.4 Å². The van der Waals surface area contributed by atoms with Gasteiger partial charge in [0, 0.05) is 52.7 Å². The lowest BCUT2D eigenvalue weighted by atomic mass is 10.0. The van der Waals surface area contributed by atoms with Crippen molar-refractivity contribution >= 4 is 48.7 Å². The summed E-state index contributed by atoms with van der Waals surface area (Å²) in [5.74, 6) is -3.84. The van der Waals surface area contributed by atoms with E-state index >= 15 is 13.2 Å². The predicted octanol–water partition coefficient (Wildman–Crippen LogP) is 8.20. The van der Waals surface area contributed by atoms with Gasteiger partial charge in [0.25, 0.3) is 10.0 Å². The molecule has 0 aliphatic heterocycles. The summed E-state index contributed by atoms with van der Waals surface area (Å²) in [7, 11) is -6.13. The number of hydrogen-bond acceptors (Lipinski definition) is 8. The molecule has 0 aliphatic carbocycles. The van der Waals surface area contributed by atoms with E-state index in [9.17, 15) is 13.2 Å². The van der Waals surface area contributed by atoms with Crippen molar-refractivity contribution in [3.8, 4) is 22.6 Å². The average molecular weight is 788 g/mol. The molecule has 0 spiro atoms. The summed E-state index contributed by atoms with van der Waals surface area (Å²) in [6.45, 7) is 14.4. The van der Waals surface area contributed by atoms with E-state index < -0.39 is 66.4 Å². The highest BCUT2D eigenvalue weighted by Crippen LogP contribution is 2.38. The molecule has 0 saturated heterocycles. The summed E-state index contributed by atoms with van der Waals surface area (Å²) >= 11 is 0. The maximum Gasteiger partial charge on any atom is 0.337 e. The Morgan fingerprint density at radius 1 is 0.887 bits per heavy atom. The molecule has 0 fully saturated rings. The molecule has 11 nitrogen and oxygen atoms in total. The van der Waals surface area contributed by atoms with Gasteiger partial charge in [0.1, 0.15) is 30.5 Å². The molecule has 53 heavy (non-hydrogen) atoms. The molecule has 5 aromatic rings. The smallest absolute Gasteiger partial charge is 0.337 e. The minimum absolute atomic E-state index is 0.0523. The first-order chi connectivity index (χ1) is 24.9. The summed E-state index contributed by atoms with van der Waals surface area (Å²) < 4.78 is 96.7. The summed E-state index contributed by atoms with van der Waals surface area (Å²) in [6, 6.07) is 11.2. The van der Waals surface area contributed by atoms with Crippen LogP contribution in [0.2, 0.25) is 51.4 Å². The normalized spacial score (nSPS) is 12.4. The van der Waals surface area contributed by atoms with E-state index in [0.717, 1.165) is 37.4 Å². The van der Waals surface area contributed by atoms with Crippen LogP contribution in [0.25, 0.3) is 33.5 Å². The van der Waals surface area contributed by atoms with Crippen molar-refractivity contribution in [2.75, 3.05) is 25.0 Å². The standard InChI is InChI=1S/C36H44F3N5O6SSi2/c1-48-36(45)24-9-8-10-25(21-24)51(46,47)42-29-14-13-28(37)30(32(29)39)26-11-12-27-33(35-40-15-16-43(35)22-49-17-19-52(2,3)4)41-44(34(27)31(26)38)23-50-18-20-53(5,6)7/h8-16,21,42H,17-20,22-23H2,1-7H3. The number of nitrogens with one attached hydrogen (secondary N) is 1. The summed E-state index contributed by atoms with van der Waals surface area (Å²) in [6.07, 6.45) is 3.31. The number of imidazole rings is 1. The Morgan fingerprint density at radius 2 is 1.57 bits per heavy atom. The number of sulfonamides is 1. The topological polar surface area (TPSA) is 127 Å². The largest absolute Gasteiger partial charge is 0.465 e. The van der Waals surface area contributed by atoms with Crippen molar-refractivity contribution in [2.24, 2.45) is 0 Å². The third kappa shape index (κ3) is 9.45. The molecule has 3 aromatic carbocycles. The zero-order chi connectivity index (χ0) is 38.7. The van der Waals surface area contributed by atoms with Crippen molar-refractivity contribution in [1.29, 1.82) is 0 Å². The second-order valence-electron chi connectivity index (χ2n) is 15.0. The van der Waals surface area contributed by atoms with Crippen LogP contribution in [0.4, 0.5) is 18.9 Å². The predicted molar refractivity (Wildman–Crippen MR) is 203 cm³/mol. The Morgan fingerprint density at radius 3 is 2.23 bits per heavy atom. The minimum atomic E-state index is -4.49. The zero-order valence-corrected chi connectivity index (χ0v) is 33.6. The maximum absolute atomic E-state index is 16.8. The number of carbonyl (C=O) groups is 1. The van der Waals surface area contributed by atoms with Gasteiger partial charge < -0.3 is 18.8 Å². The molecule has 284 valence electrons. The van der Waals surface area contributed by atoms with Crippen LogP contribution >= 0.6 is 0 Å². The summed E-state index contributed by atoms with van der Waals surface area (Å²) in [5, 5.41) is 5.00. The Hall–Kier alpha value is -4.30. The molecule has 0 unspecified atom stereocenters. The molecule has 0 saturated carbocycles. The Labute approximate surface area is 309 Å². The number of hydrogen-bond donors (Lipinski definition) is 1. The number of benzene rings is 3. The molecule has 2 heterocycles. The second kappa shape index (κ2) is 16.0. The van der Waals surface area contributed by atoms with E-state index in [1.54, 1.807) is 17.0 Å². The van der Waals surface area contributed by atoms with E-state index in [1.165, 1.54) is 35.0 Å². The first-order valence-electron chi connectivity index (χ1n) is 17.0. The number of halogens is 3. The van der Waals surface area contributed by atoms with E-state index in [1.807, 2.05) is 0 Å². The van der Waals surface area contributed by atoms with Gasteiger partial charge in [-0.3, -0.25) is 4.72 Å². The van der Waals surface area contributed by atoms with E-state index in [0.29, 0.717) is 30.1 Å². The monoisotopic (exact) mass is 787 g/mol. The second-order valence-corrected chi connectivity index (χ2v) is 27.9. The van der Waals surface area contributed by atoms with Gasteiger partial charge in [-0.15, -0.1) is 0 Å². The molecule has 0 radical (unpaired) electrons. The lowest BCUT2D eigenvalue weighted by molar-refractivity contribution is 0.0600. The molecule has 5 rings (SSSR count). The van der Waals surface area contributed by atoms with Crippen LogP contribution in [0, 0.1) is 17.5 Å². The molecule has 1 N–H and O–H groups in total. The third-order valence-corrected chi connectivity index (χ3v) is 13.2.